The molecule has 0 radical (unpaired) electrons. The van der Waals surface area contributed by atoms with Crippen molar-refractivity contribution >= 4 is 43.4 Å². The Hall–Kier alpha value is -3.11. The summed E-state index contributed by atoms with van der Waals surface area (Å²) in [6.45, 7) is 1.68. The zero-order valence-corrected chi connectivity index (χ0v) is 21.6. The van der Waals surface area contributed by atoms with Gasteiger partial charge in [-0.2, -0.15) is 0 Å². The van der Waals surface area contributed by atoms with E-state index >= 15 is 0 Å². The van der Waals surface area contributed by atoms with E-state index in [0.29, 0.717) is 6.61 Å². The van der Waals surface area contributed by atoms with Crippen LogP contribution in [0.5, 0.6) is 0 Å². The van der Waals surface area contributed by atoms with Crippen LogP contribution in [0, 0.1) is 0 Å². The third-order valence-electron chi connectivity index (χ3n) is 4.69. The number of hydrogen-bond donors (Lipinski definition) is 8. The van der Waals surface area contributed by atoms with Gasteiger partial charge in [-0.3, -0.25) is 23.7 Å². The van der Waals surface area contributed by atoms with Crippen molar-refractivity contribution in [2.24, 2.45) is 0 Å². The van der Waals surface area contributed by atoms with Crippen molar-refractivity contribution in [1.29, 1.82) is 0 Å². The number of nitrogens with one attached hydrogen (secondary N) is 3. The van der Waals surface area contributed by atoms with Crippen LogP contribution in [0.2, 0.25) is 0 Å². The molecule has 0 heterocycles. The van der Waals surface area contributed by atoms with Gasteiger partial charge in [-0.15, -0.1) is 0 Å². The van der Waals surface area contributed by atoms with Gasteiger partial charge in [0.15, 0.2) is 0 Å². The third-order valence-corrected chi connectivity index (χ3v) is 5.86. The van der Waals surface area contributed by atoms with Crippen LogP contribution < -0.4 is 15.7 Å². The molecule has 0 saturated heterocycles. The van der Waals surface area contributed by atoms with Gasteiger partial charge in [0.05, 0.1) is 13.2 Å². The number of rotatable bonds is 22. The Morgan fingerprint density at radius 1 is 0.711 bits per heavy atom. The second-order valence-electron chi connectivity index (χ2n) is 7.91. The Bertz CT molecular complexity index is 883. The van der Waals surface area contributed by atoms with Crippen molar-refractivity contribution in [2.75, 3.05) is 19.8 Å². The zero-order valence-electron chi connectivity index (χ0n) is 20.7. The maximum absolute atomic E-state index is 12.2. The van der Waals surface area contributed by atoms with E-state index in [1.807, 2.05) is 6.92 Å². The molecule has 218 valence electrons. The predicted octanol–water partition coefficient (Wildman–Crippen LogP) is -0.863. The quantitative estimate of drug-likeness (QED) is 0.0579. The van der Waals surface area contributed by atoms with Gasteiger partial charge in [-0.1, -0.05) is 6.92 Å². The maximum atomic E-state index is 12.2. The van der Waals surface area contributed by atoms with Crippen molar-refractivity contribution in [3.8, 4) is 0 Å². The molecule has 0 aliphatic rings. The van der Waals surface area contributed by atoms with Crippen LogP contribution in [-0.2, 0) is 42.6 Å². The first-order chi connectivity index (χ1) is 17.7. The average molecular weight is 571 g/mol. The molecule has 18 heteroatoms. The number of carbonyl (C=O) groups excluding carboxylic acids is 2. The van der Waals surface area contributed by atoms with Crippen molar-refractivity contribution in [2.45, 2.75) is 70.0 Å². The number of carboxylic acid groups (broad SMARTS) is 4. The van der Waals surface area contributed by atoms with E-state index in [9.17, 15) is 48.4 Å². The SMILES string of the molecule is CCCOCCC(=O)N[C@H](CCC(=O)N[C@@H](CCOP(=O)(O)N[C@@H](CCC(=O)O)C(=O)O)C(=O)O)C(=O)O. The molecule has 0 aliphatic carbocycles. The minimum Gasteiger partial charge on any atom is -0.481 e. The van der Waals surface area contributed by atoms with Crippen LogP contribution >= 0.6 is 7.75 Å². The number of aliphatic carboxylic acids is 4. The second-order valence-corrected chi connectivity index (χ2v) is 9.47. The van der Waals surface area contributed by atoms with Gasteiger partial charge in [-0.05, 0) is 19.3 Å². The molecule has 0 aromatic heterocycles. The van der Waals surface area contributed by atoms with Gasteiger partial charge < -0.3 is 40.7 Å². The van der Waals surface area contributed by atoms with Gasteiger partial charge in [0.2, 0.25) is 11.8 Å². The van der Waals surface area contributed by atoms with E-state index in [0.717, 1.165) is 6.42 Å². The molecule has 0 aliphatic heterocycles. The lowest BCUT2D eigenvalue weighted by atomic mass is 10.1. The lowest BCUT2D eigenvalue weighted by Crippen LogP contribution is -2.44. The highest BCUT2D eigenvalue weighted by atomic mass is 31.2. The van der Waals surface area contributed by atoms with Gasteiger partial charge in [-0.25, -0.2) is 19.2 Å². The molecule has 17 nitrogen and oxygen atoms in total. The summed E-state index contributed by atoms with van der Waals surface area (Å²) in [7, 11) is -4.79. The minimum absolute atomic E-state index is 0.0877. The highest BCUT2D eigenvalue weighted by Crippen LogP contribution is 2.38. The van der Waals surface area contributed by atoms with Crippen LogP contribution in [0.3, 0.4) is 0 Å². The third kappa shape index (κ3) is 16.6. The molecule has 0 spiro atoms. The molecule has 1 unspecified atom stereocenters. The van der Waals surface area contributed by atoms with Crippen LogP contribution in [0.1, 0.15) is 51.9 Å². The number of hydrogen-bond acceptors (Lipinski definition) is 9. The molecule has 0 aromatic rings. The first kappa shape index (κ1) is 34.9. The molecule has 4 atom stereocenters. The van der Waals surface area contributed by atoms with Crippen molar-refractivity contribution < 1.29 is 67.9 Å². The van der Waals surface area contributed by atoms with Crippen molar-refractivity contribution in [3.05, 3.63) is 0 Å². The van der Waals surface area contributed by atoms with Gasteiger partial charge in [0, 0.05) is 32.3 Å². The summed E-state index contributed by atoms with van der Waals surface area (Å²) in [5, 5.41) is 42.3. The van der Waals surface area contributed by atoms with Gasteiger partial charge in [0.1, 0.15) is 18.1 Å². The highest BCUT2D eigenvalue weighted by Gasteiger charge is 2.30. The largest absolute Gasteiger partial charge is 0.481 e. The summed E-state index contributed by atoms with van der Waals surface area (Å²) in [6.07, 6.45) is -1.85. The lowest BCUT2D eigenvalue weighted by molar-refractivity contribution is -0.143. The first-order valence-corrected chi connectivity index (χ1v) is 13.1. The van der Waals surface area contributed by atoms with E-state index in [2.05, 4.69) is 15.2 Å². The van der Waals surface area contributed by atoms with Crippen LogP contribution in [-0.4, -0.2) is 99.0 Å². The highest BCUT2D eigenvalue weighted by molar-refractivity contribution is 7.50. The first-order valence-electron chi connectivity index (χ1n) is 11.5. The predicted molar refractivity (Wildman–Crippen MR) is 126 cm³/mol. The van der Waals surface area contributed by atoms with Crippen LogP contribution in [0.15, 0.2) is 0 Å². The monoisotopic (exact) mass is 571 g/mol. The van der Waals surface area contributed by atoms with Crippen molar-refractivity contribution in [3.63, 3.8) is 0 Å². The van der Waals surface area contributed by atoms with E-state index in [4.69, 9.17) is 14.9 Å². The molecular weight excluding hydrogens is 537 g/mol. The fourth-order valence-electron chi connectivity index (χ4n) is 2.77. The lowest BCUT2D eigenvalue weighted by Gasteiger charge is -2.20. The Morgan fingerprint density at radius 2 is 1.21 bits per heavy atom. The number of amides is 2. The van der Waals surface area contributed by atoms with E-state index in [1.165, 1.54) is 0 Å². The van der Waals surface area contributed by atoms with E-state index < -0.39 is 93.9 Å². The molecule has 2 amide bonds. The zero-order chi connectivity index (χ0) is 29.3. The maximum Gasteiger partial charge on any atom is 0.403 e. The fourth-order valence-corrected chi connectivity index (χ4v) is 3.83. The number of ether oxygens (including phenoxy) is 1. The Kier molecular flexibility index (Phi) is 16.7. The molecule has 0 fully saturated rings. The Labute approximate surface area is 217 Å². The molecular formula is C20H34N3O14P. The van der Waals surface area contributed by atoms with Crippen LogP contribution in [0.25, 0.3) is 0 Å². The summed E-state index contributed by atoms with van der Waals surface area (Å²) in [4.78, 5) is 78.3. The van der Waals surface area contributed by atoms with Gasteiger partial charge >= 0.3 is 31.6 Å². The van der Waals surface area contributed by atoms with E-state index in [1.54, 1.807) is 5.09 Å². The fraction of sp³-hybridized carbons (Fsp3) is 0.700. The summed E-state index contributed by atoms with van der Waals surface area (Å²) in [6, 6.07) is -4.76. The number of carbonyl (C=O) groups is 6. The van der Waals surface area contributed by atoms with Crippen LogP contribution in [0.4, 0.5) is 0 Å². The number of carboxylic acids is 4. The summed E-state index contributed by atoms with van der Waals surface area (Å²) >= 11 is 0. The Morgan fingerprint density at radius 3 is 1.71 bits per heavy atom. The Balaban J connectivity index is 4.75. The molecule has 0 bridgehead atoms. The summed E-state index contributed by atoms with van der Waals surface area (Å²) in [5.41, 5.74) is 0. The molecule has 0 aromatic carbocycles. The minimum atomic E-state index is -4.79. The molecule has 8 N–H and O–H groups in total. The summed E-state index contributed by atoms with van der Waals surface area (Å²) < 4.78 is 21.8. The normalized spacial score (nSPS) is 14.9. The second kappa shape index (κ2) is 18.2. The summed E-state index contributed by atoms with van der Waals surface area (Å²) in [5.74, 6) is -7.37. The smallest absolute Gasteiger partial charge is 0.403 e. The molecule has 0 rings (SSSR count). The molecule has 38 heavy (non-hydrogen) atoms. The standard InChI is InChI=1S/C20H34N3O14P/c1-2-9-36-10-8-16(25)21-12(18(28)29)3-5-15(24)22-13(19(30)31)7-11-37-38(34,35)23-14(20(32)33)4-6-17(26)27/h12-14H,2-11H2,1H3,(H,21,25)(H,22,24)(H,26,27)(H,28,29)(H,30,31)(H,32,33)(H2,23,34,35)/t12-,13+,14+/m1/s1. The van der Waals surface area contributed by atoms with Gasteiger partial charge in [0.25, 0.3) is 0 Å². The average Bonchev–Trinajstić information content (AvgIpc) is 2.80. The molecule has 0 saturated carbocycles. The van der Waals surface area contributed by atoms with E-state index in [-0.39, 0.29) is 19.4 Å². The van der Waals surface area contributed by atoms with Crippen molar-refractivity contribution in [1.82, 2.24) is 15.7 Å². The topological polar surface area (TPSA) is 275 Å².